The van der Waals surface area contributed by atoms with Crippen LogP contribution in [0.25, 0.3) is 0 Å². The summed E-state index contributed by atoms with van der Waals surface area (Å²) in [5, 5.41) is 7.69. The Hall–Kier alpha value is -2.29. The highest BCUT2D eigenvalue weighted by Crippen LogP contribution is 2.33. The van der Waals surface area contributed by atoms with Gasteiger partial charge in [-0.25, -0.2) is 0 Å². The number of carbonyl (C=O) groups excluding carboxylic acids is 1. The number of halogens is 3. The van der Waals surface area contributed by atoms with Crippen LogP contribution in [0.4, 0.5) is 13.2 Å². The second-order valence-electron chi connectivity index (χ2n) is 10.2. The number of pyridine rings is 1. The zero-order chi connectivity index (χ0) is 24.8. The number of rotatable bonds is 9. The quantitative estimate of drug-likeness (QED) is 0.487. The van der Waals surface area contributed by atoms with Crippen LogP contribution in [0.1, 0.15) is 73.7 Å². The van der Waals surface area contributed by atoms with Crippen molar-refractivity contribution in [1.82, 2.24) is 20.1 Å². The van der Waals surface area contributed by atoms with Gasteiger partial charge in [0, 0.05) is 50.7 Å². The Kier molecular flexibility index (Phi) is 8.57. The molecule has 0 saturated heterocycles. The van der Waals surface area contributed by atoms with E-state index in [4.69, 9.17) is 4.42 Å². The average molecular weight is 493 g/mol. The molecule has 9 heteroatoms. The van der Waals surface area contributed by atoms with Gasteiger partial charge in [0.25, 0.3) is 0 Å². The van der Waals surface area contributed by atoms with E-state index in [1.54, 1.807) is 13.0 Å². The lowest BCUT2D eigenvalue weighted by Gasteiger charge is -2.30. The van der Waals surface area contributed by atoms with E-state index in [-0.39, 0.29) is 18.6 Å². The predicted octanol–water partition coefficient (Wildman–Crippen LogP) is 5.07. The van der Waals surface area contributed by atoms with Crippen molar-refractivity contribution in [3.8, 4) is 0 Å². The van der Waals surface area contributed by atoms with Gasteiger partial charge in [0.1, 0.15) is 5.78 Å². The lowest BCUT2D eigenvalue weighted by molar-refractivity contribution is -0.134. The van der Waals surface area contributed by atoms with Crippen LogP contribution in [-0.2, 0) is 30.5 Å². The first-order chi connectivity index (χ1) is 16.7. The Morgan fingerprint density at radius 2 is 1.83 bits per heavy atom. The van der Waals surface area contributed by atoms with E-state index >= 15 is 0 Å². The van der Waals surface area contributed by atoms with Gasteiger partial charge in [0.05, 0.1) is 6.42 Å². The molecule has 0 bridgehead atoms. The van der Waals surface area contributed by atoms with E-state index in [1.807, 2.05) is 6.07 Å². The molecule has 2 aromatic rings. The van der Waals surface area contributed by atoms with Gasteiger partial charge in [-0.05, 0) is 62.1 Å². The van der Waals surface area contributed by atoms with E-state index in [2.05, 4.69) is 20.1 Å². The van der Waals surface area contributed by atoms with Crippen LogP contribution in [0.3, 0.4) is 0 Å². The number of aryl methyl sites for hydroxylation is 2. The first kappa shape index (κ1) is 25.8. The van der Waals surface area contributed by atoms with Gasteiger partial charge in [-0.2, -0.15) is 13.2 Å². The molecule has 0 aromatic carbocycles. The lowest BCUT2D eigenvalue weighted by atomic mass is 9.78. The molecule has 192 valence electrons. The molecule has 6 nitrogen and oxygen atoms in total. The predicted molar refractivity (Wildman–Crippen MR) is 125 cm³/mol. The van der Waals surface area contributed by atoms with E-state index in [0.29, 0.717) is 35.7 Å². The molecule has 2 aromatic heterocycles. The Labute approximate surface area is 204 Å². The molecule has 0 radical (unpaired) electrons. The van der Waals surface area contributed by atoms with Crippen molar-refractivity contribution in [1.29, 1.82) is 0 Å². The molecule has 0 spiro atoms. The fourth-order valence-corrected chi connectivity index (χ4v) is 5.37. The third kappa shape index (κ3) is 8.12. The molecule has 35 heavy (non-hydrogen) atoms. The smallest absolute Gasteiger partial charge is 0.389 e. The fourth-order valence-electron chi connectivity index (χ4n) is 5.37. The topological polar surface area (TPSA) is 72.1 Å². The van der Waals surface area contributed by atoms with E-state index < -0.39 is 12.6 Å². The van der Waals surface area contributed by atoms with E-state index in [9.17, 15) is 18.0 Å². The zero-order valence-electron chi connectivity index (χ0n) is 20.4. The molecule has 2 aliphatic rings. The number of carbonyl (C=O) groups is 1. The van der Waals surface area contributed by atoms with Gasteiger partial charge < -0.3 is 9.32 Å². The Bertz CT molecular complexity index is 983. The molecule has 0 unspecified atom stereocenters. The normalized spacial score (nSPS) is 21.5. The number of Topliss-reactive ketones (excluding diaryl/α,β-unsaturated/α-hetero) is 1. The number of ketones is 1. The molecule has 0 N–H and O–H groups in total. The summed E-state index contributed by atoms with van der Waals surface area (Å²) in [6.45, 7) is 4.64. The van der Waals surface area contributed by atoms with Crippen LogP contribution in [0.2, 0.25) is 0 Å². The van der Waals surface area contributed by atoms with Crippen LogP contribution in [-0.4, -0.2) is 51.7 Å². The number of hydrogen-bond donors (Lipinski definition) is 0. The molecular formula is C26H35F3N4O2. The SMILES string of the molecule is Cc1nnc(CC(=O)CC2CCC(CCN3CCc4ccc(CCC(F)(F)F)nc4CC3)CC2)o1. The van der Waals surface area contributed by atoms with Crippen molar-refractivity contribution in [3.05, 3.63) is 40.9 Å². The zero-order valence-corrected chi connectivity index (χ0v) is 20.4. The van der Waals surface area contributed by atoms with Crippen molar-refractivity contribution in [2.45, 2.75) is 83.7 Å². The maximum atomic E-state index is 12.5. The molecule has 3 heterocycles. The Morgan fingerprint density at radius 3 is 2.54 bits per heavy atom. The first-order valence-electron chi connectivity index (χ1n) is 12.8. The minimum Gasteiger partial charge on any atom is -0.425 e. The maximum absolute atomic E-state index is 12.5. The second kappa shape index (κ2) is 11.6. The van der Waals surface area contributed by atoms with Crippen LogP contribution in [0, 0.1) is 18.8 Å². The Morgan fingerprint density at radius 1 is 1.09 bits per heavy atom. The van der Waals surface area contributed by atoms with E-state index in [1.165, 1.54) is 5.56 Å². The van der Waals surface area contributed by atoms with Gasteiger partial charge in [-0.15, -0.1) is 10.2 Å². The van der Waals surface area contributed by atoms with Crippen molar-refractivity contribution in [2.24, 2.45) is 11.8 Å². The van der Waals surface area contributed by atoms with Crippen molar-refractivity contribution < 1.29 is 22.4 Å². The van der Waals surface area contributed by atoms with Gasteiger partial charge in [-0.1, -0.05) is 18.9 Å². The summed E-state index contributed by atoms with van der Waals surface area (Å²) < 4.78 is 42.9. The van der Waals surface area contributed by atoms with Gasteiger partial charge >= 0.3 is 6.18 Å². The molecule has 1 aliphatic carbocycles. The van der Waals surface area contributed by atoms with Gasteiger partial charge in [-0.3, -0.25) is 9.78 Å². The standard InChI is InChI=1S/C26H35F3N4O2/c1-18-31-32-25(35-18)17-23(34)16-20-4-2-19(3-5-20)9-13-33-14-10-21-6-7-22(8-12-26(27,28)29)30-24(21)11-15-33/h6-7,19-20H,2-5,8-17H2,1H3. The van der Waals surface area contributed by atoms with Gasteiger partial charge in [0.15, 0.2) is 0 Å². The number of alkyl halides is 3. The molecule has 4 rings (SSSR count). The number of fused-ring (bicyclic) bond motifs is 1. The monoisotopic (exact) mass is 492 g/mol. The molecule has 1 aliphatic heterocycles. The molecule has 1 fully saturated rings. The summed E-state index contributed by atoms with van der Waals surface area (Å²) in [5.41, 5.74) is 2.68. The molecular weight excluding hydrogens is 457 g/mol. The lowest BCUT2D eigenvalue weighted by Crippen LogP contribution is -2.29. The summed E-state index contributed by atoms with van der Waals surface area (Å²) in [5.74, 6) is 2.22. The van der Waals surface area contributed by atoms with Crippen LogP contribution in [0.15, 0.2) is 16.5 Å². The number of aromatic nitrogens is 3. The summed E-state index contributed by atoms with van der Waals surface area (Å²) in [6, 6.07) is 3.73. The minimum atomic E-state index is -4.14. The number of hydrogen-bond acceptors (Lipinski definition) is 6. The number of nitrogens with zero attached hydrogens (tertiary/aromatic N) is 4. The second-order valence-corrected chi connectivity index (χ2v) is 10.2. The molecule has 0 amide bonds. The summed E-state index contributed by atoms with van der Waals surface area (Å²) in [4.78, 5) is 19.4. The highest BCUT2D eigenvalue weighted by atomic mass is 19.4. The third-order valence-corrected chi connectivity index (χ3v) is 7.41. The largest absolute Gasteiger partial charge is 0.425 e. The summed E-state index contributed by atoms with van der Waals surface area (Å²) in [7, 11) is 0. The summed E-state index contributed by atoms with van der Waals surface area (Å²) >= 11 is 0. The van der Waals surface area contributed by atoms with Crippen molar-refractivity contribution in [2.75, 3.05) is 19.6 Å². The van der Waals surface area contributed by atoms with Crippen molar-refractivity contribution >= 4 is 5.78 Å². The van der Waals surface area contributed by atoms with E-state index in [0.717, 1.165) is 70.3 Å². The third-order valence-electron chi connectivity index (χ3n) is 7.41. The van der Waals surface area contributed by atoms with Crippen LogP contribution in [0.5, 0.6) is 0 Å². The maximum Gasteiger partial charge on any atom is 0.389 e. The minimum absolute atomic E-state index is 0.0502. The summed E-state index contributed by atoms with van der Waals surface area (Å²) in [6.07, 6.45) is 3.17. The van der Waals surface area contributed by atoms with Crippen molar-refractivity contribution in [3.63, 3.8) is 0 Å². The average Bonchev–Trinajstić information content (AvgIpc) is 3.10. The molecule has 1 saturated carbocycles. The van der Waals surface area contributed by atoms with Gasteiger partial charge in [0.2, 0.25) is 11.8 Å². The Balaban J connectivity index is 1.16. The highest BCUT2D eigenvalue weighted by molar-refractivity contribution is 5.80. The first-order valence-corrected chi connectivity index (χ1v) is 12.8. The van der Waals surface area contributed by atoms with Crippen LogP contribution >= 0.6 is 0 Å². The van der Waals surface area contributed by atoms with Crippen LogP contribution < -0.4 is 0 Å². The highest BCUT2D eigenvalue weighted by Gasteiger charge is 2.27. The molecule has 0 atom stereocenters. The fraction of sp³-hybridized carbons (Fsp3) is 0.692.